The molecular formula is C56H37N9O2. The Labute approximate surface area is 382 Å². The smallest absolute Gasteiger partial charge is 0.273 e. The van der Waals surface area contributed by atoms with Crippen molar-refractivity contribution in [1.29, 1.82) is 0 Å². The first kappa shape index (κ1) is 38.3. The lowest BCUT2D eigenvalue weighted by atomic mass is 10.0. The van der Waals surface area contributed by atoms with E-state index in [2.05, 4.69) is 104 Å². The maximum atomic E-state index is 6.72. The molecule has 0 fully saturated rings. The Morgan fingerprint density at radius 3 is 1.15 bits per heavy atom. The lowest BCUT2D eigenvalue weighted by molar-refractivity contribution is 0.484. The van der Waals surface area contributed by atoms with Crippen LogP contribution in [0.4, 0.5) is 0 Å². The van der Waals surface area contributed by atoms with Gasteiger partial charge in [-0.25, -0.2) is 9.97 Å². The first-order valence-corrected chi connectivity index (χ1v) is 22.0. The second-order valence-corrected chi connectivity index (χ2v) is 16.6. The molecular weight excluding hydrogens is 831 g/mol. The first-order chi connectivity index (χ1) is 33.0. The topological polar surface area (TPSA) is 111 Å². The number of aryl methyl sites for hydroxylation is 2. The third-order valence-corrected chi connectivity index (χ3v) is 12.6. The van der Waals surface area contributed by atoms with E-state index >= 15 is 0 Å². The number of ether oxygens (including phenoxy) is 2. The van der Waals surface area contributed by atoms with E-state index in [1.165, 1.54) is 0 Å². The third kappa shape index (κ3) is 6.28. The third-order valence-electron chi connectivity index (χ3n) is 12.6. The van der Waals surface area contributed by atoms with E-state index in [0.29, 0.717) is 34.8 Å². The maximum Gasteiger partial charge on any atom is 0.273 e. The summed E-state index contributed by atoms with van der Waals surface area (Å²) >= 11 is 0. The standard InChI is InChI=1S/C56H37N9O2/c1-34-12-11-13-35(2)54(34)55-59-61-56(62-60-55)65-50-32-38(66-36-20-24-42-40-14-3-5-16-46(40)63(48(42)30-36)52-18-7-9-28-57-52)22-26-44(50)45-27-23-39(33-51(45)65)67-37-21-25-43-41-15-4-6-17-47(41)64(49(43)31-37)53-19-8-10-29-58-53/h3-33H,1-2H3. The van der Waals surface area contributed by atoms with Gasteiger partial charge in [0.1, 0.15) is 34.6 Å². The summed E-state index contributed by atoms with van der Waals surface area (Å²) in [4.78, 5) is 9.42. The molecule has 6 heterocycles. The Morgan fingerprint density at radius 2 is 0.731 bits per heavy atom. The summed E-state index contributed by atoms with van der Waals surface area (Å²) in [5.41, 5.74) is 8.78. The Hall–Kier alpha value is -9.22. The predicted molar refractivity (Wildman–Crippen MR) is 264 cm³/mol. The average Bonchev–Trinajstić information content (AvgIpc) is 3.99. The molecule has 318 valence electrons. The Morgan fingerprint density at radius 1 is 0.343 bits per heavy atom. The molecule has 0 atom stereocenters. The van der Waals surface area contributed by atoms with Gasteiger partial charge >= 0.3 is 0 Å². The zero-order valence-corrected chi connectivity index (χ0v) is 36.2. The van der Waals surface area contributed by atoms with Crippen molar-refractivity contribution in [2.45, 2.75) is 13.8 Å². The van der Waals surface area contributed by atoms with Crippen LogP contribution in [0, 0.1) is 13.8 Å². The largest absolute Gasteiger partial charge is 0.457 e. The number of fused-ring (bicyclic) bond motifs is 9. The molecule has 0 saturated heterocycles. The van der Waals surface area contributed by atoms with Crippen LogP contribution < -0.4 is 9.47 Å². The van der Waals surface area contributed by atoms with Crippen molar-refractivity contribution < 1.29 is 9.47 Å². The molecule has 0 aliphatic rings. The van der Waals surface area contributed by atoms with Crippen LogP contribution in [0.5, 0.6) is 23.0 Å². The van der Waals surface area contributed by atoms with Gasteiger partial charge in [0, 0.05) is 74.5 Å². The number of aromatic nitrogens is 9. The Kier molecular flexibility index (Phi) is 8.68. The zero-order valence-electron chi connectivity index (χ0n) is 36.2. The molecule has 0 amide bonds. The van der Waals surface area contributed by atoms with Gasteiger partial charge in [-0.3, -0.25) is 13.7 Å². The molecule has 6 aromatic heterocycles. The van der Waals surface area contributed by atoms with Crippen LogP contribution in [0.15, 0.2) is 188 Å². The summed E-state index contributed by atoms with van der Waals surface area (Å²) in [5.74, 6) is 5.08. The van der Waals surface area contributed by atoms with Crippen LogP contribution in [-0.2, 0) is 0 Å². The van der Waals surface area contributed by atoms with Gasteiger partial charge < -0.3 is 9.47 Å². The zero-order chi connectivity index (χ0) is 44.6. The van der Waals surface area contributed by atoms with Gasteiger partial charge in [0.25, 0.3) is 5.95 Å². The minimum absolute atomic E-state index is 0.312. The number of benzene rings is 7. The number of para-hydroxylation sites is 2. The molecule has 13 aromatic rings. The van der Waals surface area contributed by atoms with Crippen molar-refractivity contribution in [2.75, 3.05) is 0 Å². The molecule has 7 aromatic carbocycles. The Balaban J connectivity index is 0.936. The molecule has 0 unspecified atom stereocenters. The number of nitrogens with zero attached hydrogens (tertiary/aromatic N) is 9. The monoisotopic (exact) mass is 867 g/mol. The van der Waals surface area contributed by atoms with Crippen molar-refractivity contribution in [3.63, 3.8) is 0 Å². The molecule has 0 radical (unpaired) electrons. The van der Waals surface area contributed by atoms with Gasteiger partial charge in [0.15, 0.2) is 0 Å². The minimum atomic E-state index is 0.312. The van der Waals surface area contributed by atoms with Crippen LogP contribution >= 0.6 is 0 Å². The number of hydrogen-bond acceptors (Lipinski definition) is 8. The first-order valence-electron chi connectivity index (χ1n) is 22.0. The van der Waals surface area contributed by atoms with Crippen molar-refractivity contribution >= 4 is 65.4 Å². The fraction of sp³-hybridized carbons (Fsp3) is 0.0357. The summed E-state index contributed by atoms with van der Waals surface area (Å²) in [6.45, 7) is 4.09. The molecule has 0 bridgehead atoms. The fourth-order valence-corrected chi connectivity index (χ4v) is 9.67. The summed E-state index contributed by atoms with van der Waals surface area (Å²) in [6, 6.07) is 59.3. The quantitative estimate of drug-likeness (QED) is 0.148. The van der Waals surface area contributed by atoms with E-state index in [1.54, 1.807) is 0 Å². The molecule has 67 heavy (non-hydrogen) atoms. The number of hydrogen-bond donors (Lipinski definition) is 0. The highest BCUT2D eigenvalue weighted by atomic mass is 16.5. The summed E-state index contributed by atoms with van der Waals surface area (Å²) < 4.78 is 19.8. The maximum absolute atomic E-state index is 6.72. The highest BCUT2D eigenvalue weighted by molar-refractivity contribution is 6.11. The average molecular weight is 868 g/mol. The van der Waals surface area contributed by atoms with E-state index < -0.39 is 0 Å². The van der Waals surface area contributed by atoms with Crippen molar-refractivity contribution in [3.8, 4) is 52.0 Å². The predicted octanol–water partition coefficient (Wildman–Crippen LogP) is 13.2. The molecule has 0 saturated carbocycles. The van der Waals surface area contributed by atoms with Gasteiger partial charge in [-0.2, -0.15) is 0 Å². The van der Waals surface area contributed by atoms with Crippen LogP contribution in [0.2, 0.25) is 0 Å². The second kappa shape index (κ2) is 15.2. The molecule has 0 aliphatic heterocycles. The van der Waals surface area contributed by atoms with Crippen LogP contribution in [0.3, 0.4) is 0 Å². The number of pyridine rings is 2. The van der Waals surface area contributed by atoms with E-state index in [1.807, 2.05) is 122 Å². The second-order valence-electron chi connectivity index (χ2n) is 16.6. The molecule has 11 heteroatoms. The van der Waals surface area contributed by atoms with Crippen LogP contribution in [0.1, 0.15) is 11.1 Å². The van der Waals surface area contributed by atoms with Gasteiger partial charge in [-0.1, -0.05) is 66.7 Å². The van der Waals surface area contributed by atoms with E-state index in [9.17, 15) is 0 Å². The summed E-state index contributed by atoms with van der Waals surface area (Å²) in [6.07, 6.45) is 3.63. The van der Waals surface area contributed by atoms with Crippen LogP contribution in [0.25, 0.3) is 94.4 Å². The number of rotatable bonds is 8. The Bertz CT molecular complexity index is 3830. The fourth-order valence-electron chi connectivity index (χ4n) is 9.67. The van der Waals surface area contributed by atoms with E-state index in [4.69, 9.17) is 29.6 Å². The summed E-state index contributed by atoms with van der Waals surface area (Å²) in [5, 5.41) is 25.2. The van der Waals surface area contributed by atoms with Crippen molar-refractivity contribution in [3.05, 3.63) is 199 Å². The van der Waals surface area contributed by atoms with Crippen LogP contribution in [-0.4, -0.2) is 44.1 Å². The highest BCUT2D eigenvalue weighted by Crippen LogP contribution is 2.40. The lowest BCUT2D eigenvalue weighted by Gasteiger charge is -2.11. The van der Waals surface area contributed by atoms with Gasteiger partial charge in [-0.15, -0.1) is 20.4 Å². The van der Waals surface area contributed by atoms with Gasteiger partial charge in [-0.05, 0) is 110 Å². The van der Waals surface area contributed by atoms with Crippen molar-refractivity contribution in [2.24, 2.45) is 0 Å². The van der Waals surface area contributed by atoms with Gasteiger partial charge in [0.05, 0.1) is 33.1 Å². The van der Waals surface area contributed by atoms with Gasteiger partial charge in [0.2, 0.25) is 5.82 Å². The van der Waals surface area contributed by atoms with Crippen molar-refractivity contribution in [1.82, 2.24) is 44.1 Å². The lowest BCUT2D eigenvalue weighted by Crippen LogP contribution is -2.07. The molecule has 0 aliphatic carbocycles. The highest BCUT2D eigenvalue weighted by Gasteiger charge is 2.21. The molecule has 13 rings (SSSR count). The van der Waals surface area contributed by atoms with E-state index in [-0.39, 0.29) is 0 Å². The minimum Gasteiger partial charge on any atom is -0.457 e. The summed E-state index contributed by atoms with van der Waals surface area (Å²) in [7, 11) is 0. The molecule has 11 nitrogen and oxygen atoms in total. The molecule has 0 N–H and O–H groups in total. The normalized spacial score (nSPS) is 11.7. The van der Waals surface area contributed by atoms with E-state index in [0.717, 1.165) is 93.7 Å². The molecule has 0 spiro atoms. The SMILES string of the molecule is Cc1cccc(C)c1-c1nnc(-n2c3cc(Oc4ccc5c6ccccc6n(-c6ccccn6)c5c4)ccc3c3ccc(Oc4ccc5c6ccccc6n(-c6ccccn6)c5c4)cc32)nn1.